The molecule has 0 aromatic heterocycles. The maximum absolute atomic E-state index is 13.1. The van der Waals surface area contributed by atoms with E-state index >= 15 is 0 Å². The molecule has 2 aromatic rings. The molecule has 0 aliphatic rings. The topological polar surface area (TPSA) is 49.3 Å². The highest BCUT2D eigenvalue weighted by atomic mass is 79.9. The second-order valence-corrected chi connectivity index (χ2v) is 5.36. The van der Waals surface area contributed by atoms with Gasteiger partial charge in [-0.25, -0.2) is 9.18 Å². The van der Waals surface area contributed by atoms with Gasteiger partial charge in [0, 0.05) is 11.0 Å². The Bertz CT molecular complexity index is 623. The van der Waals surface area contributed by atoms with Crippen molar-refractivity contribution in [2.45, 2.75) is 6.54 Å². The fourth-order valence-electron chi connectivity index (χ4n) is 1.67. The molecule has 104 valence electrons. The first-order chi connectivity index (χ1) is 9.47. The summed E-state index contributed by atoms with van der Waals surface area (Å²) in [5.74, 6) is -1.38. The summed E-state index contributed by atoms with van der Waals surface area (Å²) < 4.78 is 13.6. The number of carbonyl (C=O) groups is 1. The first-order valence-electron chi connectivity index (χ1n) is 5.68. The van der Waals surface area contributed by atoms with Crippen molar-refractivity contribution < 1.29 is 14.3 Å². The number of benzene rings is 2. The highest BCUT2D eigenvalue weighted by molar-refractivity contribution is 9.10. The normalized spacial score (nSPS) is 10.3. The van der Waals surface area contributed by atoms with E-state index in [1.807, 2.05) is 0 Å². The number of halogens is 3. The maximum Gasteiger partial charge on any atom is 0.335 e. The molecule has 0 aliphatic heterocycles. The van der Waals surface area contributed by atoms with Crippen LogP contribution in [0, 0.1) is 5.82 Å². The highest BCUT2D eigenvalue weighted by Gasteiger charge is 2.08. The Morgan fingerprint density at radius 1 is 1.30 bits per heavy atom. The van der Waals surface area contributed by atoms with Crippen LogP contribution in [-0.2, 0) is 6.54 Å². The van der Waals surface area contributed by atoms with Gasteiger partial charge < -0.3 is 10.4 Å². The molecule has 2 rings (SSSR count). The van der Waals surface area contributed by atoms with E-state index in [-0.39, 0.29) is 10.6 Å². The summed E-state index contributed by atoms with van der Waals surface area (Å²) in [6, 6.07) is 9.02. The molecule has 0 atom stereocenters. The van der Waals surface area contributed by atoms with Gasteiger partial charge in [0.05, 0.1) is 16.3 Å². The minimum Gasteiger partial charge on any atom is -0.478 e. The van der Waals surface area contributed by atoms with Gasteiger partial charge in [-0.2, -0.15) is 0 Å². The first kappa shape index (κ1) is 14.8. The lowest BCUT2D eigenvalue weighted by atomic mass is 10.1. The molecule has 0 bridgehead atoms. The van der Waals surface area contributed by atoms with Crippen LogP contribution in [-0.4, -0.2) is 11.1 Å². The average molecular weight is 359 g/mol. The van der Waals surface area contributed by atoms with E-state index in [1.165, 1.54) is 24.3 Å². The SMILES string of the molecule is O=C(O)c1ccc(CNc2c(Cl)cc(F)cc2Br)cc1. The van der Waals surface area contributed by atoms with Crippen molar-refractivity contribution in [2.75, 3.05) is 5.32 Å². The molecule has 0 fully saturated rings. The molecule has 6 heteroatoms. The van der Waals surface area contributed by atoms with Crippen LogP contribution in [0.3, 0.4) is 0 Å². The molecule has 0 spiro atoms. The molecule has 20 heavy (non-hydrogen) atoms. The van der Waals surface area contributed by atoms with Gasteiger partial charge >= 0.3 is 5.97 Å². The number of hydrogen-bond acceptors (Lipinski definition) is 2. The zero-order valence-corrected chi connectivity index (χ0v) is 12.5. The summed E-state index contributed by atoms with van der Waals surface area (Å²) in [4.78, 5) is 10.7. The zero-order chi connectivity index (χ0) is 14.7. The van der Waals surface area contributed by atoms with Crippen LogP contribution in [0.25, 0.3) is 0 Å². The van der Waals surface area contributed by atoms with E-state index in [4.69, 9.17) is 16.7 Å². The lowest BCUT2D eigenvalue weighted by Crippen LogP contribution is -2.02. The van der Waals surface area contributed by atoms with Crippen LogP contribution in [0.15, 0.2) is 40.9 Å². The van der Waals surface area contributed by atoms with Crippen LogP contribution >= 0.6 is 27.5 Å². The maximum atomic E-state index is 13.1. The van der Waals surface area contributed by atoms with E-state index in [0.29, 0.717) is 16.7 Å². The molecule has 0 heterocycles. The van der Waals surface area contributed by atoms with Crippen molar-refractivity contribution in [3.63, 3.8) is 0 Å². The quantitative estimate of drug-likeness (QED) is 0.843. The van der Waals surface area contributed by atoms with Gasteiger partial charge in [0.15, 0.2) is 0 Å². The Hall–Kier alpha value is -1.59. The highest BCUT2D eigenvalue weighted by Crippen LogP contribution is 2.32. The number of aromatic carboxylic acids is 1. The van der Waals surface area contributed by atoms with Crippen molar-refractivity contribution >= 4 is 39.2 Å². The molecule has 0 saturated carbocycles. The van der Waals surface area contributed by atoms with Crippen molar-refractivity contribution in [3.05, 3.63) is 62.8 Å². The molecule has 0 unspecified atom stereocenters. The standard InChI is InChI=1S/C14H10BrClFNO2/c15-11-5-10(17)6-12(16)13(11)18-7-8-1-3-9(4-2-8)14(19)20/h1-6,18H,7H2,(H,19,20). The Morgan fingerprint density at radius 3 is 2.50 bits per heavy atom. The van der Waals surface area contributed by atoms with E-state index in [2.05, 4.69) is 21.2 Å². The summed E-state index contributed by atoms with van der Waals surface area (Å²) in [7, 11) is 0. The molecule has 2 N–H and O–H groups in total. The second-order valence-electron chi connectivity index (χ2n) is 4.10. The lowest BCUT2D eigenvalue weighted by Gasteiger charge is -2.11. The number of carboxylic acid groups (broad SMARTS) is 1. The number of carboxylic acids is 1. The predicted octanol–water partition coefficient (Wildman–Crippen LogP) is 4.55. The van der Waals surface area contributed by atoms with Gasteiger partial charge in [-0.3, -0.25) is 0 Å². The monoisotopic (exact) mass is 357 g/mol. The smallest absolute Gasteiger partial charge is 0.335 e. The Morgan fingerprint density at radius 2 is 1.95 bits per heavy atom. The van der Waals surface area contributed by atoms with Gasteiger partial charge in [-0.05, 0) is 45.8 Å². The Labute approximate surface area is 128 Å². The van der Waals surface area contributed by atoms with Crippen LogP contribution in [0.4, 0.5) is 10.1 Å². The van der Waals surface area contributed by atoms with E-state index in [9.17, 15) is 9.18 Å². The minimum atomic E-state index is -0.964. The summed E-state index contributed by atoms with van der Waals surface area (Å²) in [6.07, 6.45) is 0. The van der Waals surface area contributed by atoms with Crippen molar-refractivity contribution in [1.82, 2.24) is 0 Å². The molecule has 2 aromatic carbocycles. The van der Waals surface area contributed by atoms with Gasteiger partial charge in [-0.15, -0.1) is 0 Å². The summed E-state index contributed by atoms with van der Waals surface area (Å²) in [5, 5.41) is 12.2. The van der Waals surface area contributed by atoms with Crippen molar-refractivity contribution in [1.29, 1.82) is 0 Å². The third-order valence-electron chi connectivity index (χ3n) is 2.68. The fraction of sp³-hybridized carbons (Fsp3) is 0.0714. The molecule has 0 radical (unpaired) electrons. The molecular weight excluding hydrogens is 349 g/mol. The first-order valence-corrected chi connectivity index (χ1v) is 6.85. The molecule has 0 aliphatic carbocycles. The van der Waals surface area contributed by atoms with E-state index in [1.54, 1.807) is 12.1 Å². The summed E-state index contributed by atoms with van der Waals surface area (Å²) in [5.41, 5.74) is 1.72. The van der Waals surface area contributed by atoms with Crippen LogP contribution in [0.2, 0.25) is 5.02 Å². The molecular formula is C14H10BrClFNO2. The van der Waals surface area contributed by atoms with E-state index in [0.717, 1.165) is 5.56 Å². The second kappa shape index (κ2) is 6.24. The van der Waals surface area contributed by atoms with Gasteiger partial charge in [0.25, 0.3) is 0 Å². The average Bonchev–Trinajstić information content (AvgIpc) is 2.38. The van der Waals surface area contributed by atoms with Gasteiger partial charge in [-0.1, -0.05) is 23.7 Å². The number of anilines is 1. The number of nitrogens with one attached hydrogen (secondary N) is 1. The zero-order valence-electron chi connectivity index (χ0n) is 10.2. The number of hydrogen-bond donors (Lipinski definition) is 2. The molecule has 3 nitrogen and oxygen atoms in total. The lowest BCUT2D eigenvalue weighted by molar-refractivity contribution is 0.0697. The van der Waals surface area contributed by atoms with Crippen LogP contribution in [0.5, 0.6) is 0 Å². The third-order valence-corrected chi connectivity index (χ3v) is 3.60. The minimum absolute atomic E-state index is 0.231. The molecule has 0 saturated heterocycles. The fourth-order valence-corrected chi connectivity index (χ4v) is 2.63. The Balaban J connectivity index is 2.11. The van der Waals surface area contributed by atoms with Gasteiger partial charge in [0.2, 0.25) is 0 Å². The van der Waals surface area contributed by atoms with Crippen LogP contribution in [0.1, 0.15) is 15.9 Å². The van der Waals surface area contributed by atoms with E-state index < -0.39 is 11.8 Å². The van der Waals surface area contributed by atoms with Crippen molar-refractivity contribution in [3.8, 4) is 0 Å². The predicted molar refractivity (Wildman–Crippen MR) is 79.8 cm³/mol. The largest absolute Gasteiger partial charge is 0.478 e. The van der Waals surface area contributed by atoms with Crippen molar-refractivity contribution in [2.24, 2.45) is 0 Å². The third kappa shape index (κ3) is 3.49. The summed E-state index contributed by atoms with van der Waals surface area (Å²) in [6.45, 7) is 0.448. The Kier molecular flexibility index (Phi) is 4.62. The van der Waals surface area contributed by atoms with Gasteiger partial charge in [0.1, 0.15) is 5.82 Å². The number of rotatable bonds is 4. The summed E-state index contributed by atoms with van der Waals surface area (Å²) >= 11 is 9.20. The molecule has 0 amide bonds. The van der Waals surface area contributed by atoms with Crippen LogP contribution < -0.4 is 5.32 Å².